The molecule has 41 heavy (non-hydrogen) atoms. The van der Waals surface area contributed by atoms with Crippen LogP contribution in [0.4, 0.5) is 4.79 Å². The summed E-state index contributed by atoms with van der Waals surface area (Å²) in [7, 11) is 0. The molecule has 222 valence electrons. The summed E-state index contributed by atoms with van der Waals surface area (Å²) in [5.74, 6) is -1.58. The van der Waals surface area contributed by atoms with Gasteiger partial charge < -0.3 is 30.6 Å². The van der Waals surface area contributed by atoms with Gasteiger partial charge in [-0.15, -0.1) is 0 Å². The molecule has 1 aliphatic rings. The predicted molar refractivity (Wildman–Crippen MR) is 156 cm³/mol. The number of aryl methyl sites for hydroxylation is 1. The number of alkyl carbamates (subject to hydrolysis) is 1. The van der Waals surface area contributed by atoms with Gasteiger partial charge in [0.1, 0.15) is 25.0 Å². The van der Waals surface area contributed by atoms with Gasteiger partial charge in [0.2, 0.25) is 11.8 Å². The number of nitrogens with one attached hydrogen (secondary N) is 3. The van der Waals surface area contributed by atoms with Crippen molar-refractivity contribution in [2.45, 2.75) is 83.7 Å². The van der Waals surface area contributed by atoms with Crippen LogP contribution in [0.2, 0.25) is 0 Å². The summed E-state index contributed by atoms with van der Waals surface area (Å²) in [5.41, 5.74) is 2.00. The molecule has 1 saturated carbocycles. The van der Waals surface area contributed by atoms with Crippen LogP contribution >= 0.6 is 0 Å². The van der Waals surface area contributed by atoms with Crippen molar-refractivity contribution in [3.8, 4) is 0 Å². The molecule has 0 saturated heterocycles. The zero-order valence-electron chi connectivity index (χ0n) is 24.1. The van der Waals surface area contributed by atoms with E-state index >= 15 is 0 Å². The summed E-state index contributed by atoms with van der Waals surface area (Å²) >= 11 is 0. The van der Waals surface area contributed by atoms with Crippen molar-refractivity contribution in [3.05, 3.63) is 71.8 Å². The average Bonchev–Trinajstić information content (AvgIpc) is 3.72. The molecular weight excluding hydrogens is 522 g/mol. The summed E-state index contributed by atoms with van der Waals surface area (Å²) in [6.07, 6.45) is 2.08. The van der Waals surface area contributed by atoms with E-state index in [1.165, 1.54) is 0 Å². The smallest absolute Gasteiger partial charge is 0.408 e. The Kier molecular flexibility index (Phi) is 12.3. The van der Waals surface area contributed by atoms with Gasteiger partial charge in [-0.25, -0.2) is 4.79 Å². The molecule has 3 rings (SSSR count). The number of hydrogen-bond donors (Lipinski definition) is 4. The van der Waals surface area contributed by atoms with E-state index in [2.05, 4.69) is 16.0 Å². The largest absolute Gasteiger partial charge is 0.445 e. The molecule has 0 bridgehead atoms. The molecule has 4 N–H and O–H groups in total. The molecule has 9 heteroatoms. The number of aldehydes is 1. The molecule has 9 nitrogen and oxygen atoms in total. The molecule has 0 aromatic heterocycles. The van der Waals surface area contributed by atoms with E-state index in [0.29, 0.717) is 25.5 Å². The monoisotopic (exact) mass is 565 g/mol. The van der Waals surface area contributed by atoms with Crippen LogP contribution in [0.3, 0.4) is 0 Å². The molecule has 0 radical (unpaired) electrons. The highest BCUT2D eigenvalue weighted by atomic mass is 16.5. The highest BCUT2D eigenvalue weighted by molar-refractivity contribution is 5.85. The van der Waals surface area contributed by atoms with Gasteiger partial charge >= 0.3 is 6.09 Å². The highest BCUT2D eigenvalue weighted by Crippen LogP contribution is 2.36. The number of benzene rings is 2. The maximum absolute atomic E-state index is 13.0. The summed E-state index contributed by atoms with van der Waals surface area (Å²) in [6.45, 7) is 5.47. The van der Waals surface area contributed by atoms with E-state index < -0.39 is 30.1 Å². The molecule has 0 spiro atoms. The van der Waals surface area contributed by atoms with Gasteiger partial charge in [-0.2, -0.15) is 0 Å². The van der Waals surface area contributed by atoms with E-state index in [0.717, 1.165) is 24.0 Å². The second kappa shape index (κ2) is 15.9. The first-order valence-electron chi connectivity index (χ1n) is 14.5. The number of rotatable bonds is 16. The fourth-order valence-corrected chi connectivity index (χ4v) is 4.85. The van der Waals surface area contributed by atoms with Crippen LogP contribution in [-0.4, -0.2) is 53.5 Å². The third-order valence-electron chi connectivity index (χ3n) is 7.84. The lowest BCUT2D eigenvalue weighted by Crippen LogP contribution is -2.48. The van der Waals surface area contributed by atoms with Crippen molar-refractivity contribution in [2.75, 3.05) is 0 Å². The van der Waals surface area contributed by atoms with Crippen molar-refractivity contribution in [2.24, 2.45) is 17.8 Å². The van der Waals surface area contributed by atoms with Gasteiger partial charge in [-0.3, -0.25) is 9.59 Å². The van der Waals surface area contributed by atoms with Crippen LogP contribution in [0.1, 0.15) is 57.6 Å². The van der Waals surface area contributed by atoms with Gasteiger partial charge in [0.15, 0.2) is 0 Å². The Morgan fingerprint density at radius 1 is 0.976 bits per heavy atom. The minimum atomic E-state index is -1.38. The molecular formula is C32H43N3O6. The normalized spacial score (nSPS) is 19.5. The van der Waals surface area contributed by atoms with Crippen molar-refractivity contribution < 1.29 is 29.0 Å². The van der Waals surface area contributed by atoms with Gasteiger partial charge in [0, 0.05) is 12.1 Å². The molecule has 2 aromatic carbocycles. The maximum Gasteiger partial charge on any atom is 0.408 e. The van der Waals surface area contributed by atoms with Gasteiger partial charge in [-0.1, -0.05) is 80.9 Å². The van der Waals surface area contributed by atoms with Gasteiger partial charge in [0.25, 0.3) is 0 Å². The molecule has 0 aliphatic heterocycles. The third-order valence-corrected chi connectivity index (χ3v) is 7.84. The standard InChI is InChI=1S/C32H43N3O6/c1-4-21(2)27(19-36)29(37)31(39)35-28-18-25(28)17-26(16-15-23-11-7-5-8-12-23)34-30(38)22(3)33-32(40)41-20-24-13-9-6-10-14-24/h5-14,19,21-22,25-29,37H,4,15-18,20H2,1-3H3,(H,33,40)(H,34,38)(H,35,39). The average molecular weight is 566 g/mol. The van der Waals surface area contributed by atoms with Gasteiger partial charge in [-0.05, 0) is 55.6 Å². The summed E-state index contributed by atoms with van der Waals surface area (Å²) in [6, 6.07) is 18.1. The lowest BCUT2D eigenvalue weighted by Gasteiger charge is -2.23. The number of carbonyl (C=O) groups is 4. The lowest BCUT2D eigenvalue weighted by atomic mass is 9.88. The second-order valence-electron chi connectivity index (χ2n) is 11.0. The Labute approximate surface area is 242 Å². The van der Waals surface area contributed by atoms with E-state index in [4.69, 9.17) is 4.74 Å². The van der Waals surface area contributed by atoms with E-state index in [-0.39, 0.29) is 36.4 Å². The summed E-state index contributed by atoms with van der Waals surface area (Å²) in [4.78, 5) is 49.4. The number of aliphatic hydroxyl groups is 1. The topological polar surface area (TPSA) is 134 Å². The van der Waals surface area contributed by atoms with Crippen molar-refractivity contribution >= 4 is 24.2 Å². The Balaban J connectivity index is 1.53. The fourth-order valence-electron chi connectivity index (χ4n) is 4.85. The molecule has 0 heterocycles. The first-order valence-corrected chi connectivity index (χ1v) is 14.5. The molecule has 1 fully saturated rings. The van der Waals surface area contributed by atoms with Crippen molar-refractivity contribution in [1.29, 1.82) is 0 Å². The Hall–Kier alpha value is -3.72. The molecule has 2 aromatic rings. The van der Waals surface area contributed by atoms with E-state index in [1.54, 1.807) is 6.92 Å². The van der Waals surface area contributed by atoms with E-state index in [9.17, 15) is 24.3 Å². The minimum absolute atomic E-state index is 0.105. The van der Waals surface area contributed by atoms with Crippen LogP contribution in [0.15, 0.2) is 60.7 Å². The Bertz CT molecular complexity index is 1130. The van der Waals surface area contributed by atoms with Crippen LogP contribution < -0.4 is 16.0 Å². The maximum atomic E-state index is 13.0. The van der Waals surface area contributed by atoms with Crippen LogP contribution in [0.5, 0.6) is 0 Å². The molecule has 1 aliphatic carbocycles. The Morgan fingerprint density at radius 2 is 1.61 bits per heavy atom. The highest BCUT2D eigenvalue weighted by Gasteiger charge is 2.42. The SMILES string of the molecule is CCC(C)C(C=O)C(O)C(=O)NC1CC1CC(CCc1ccccc1)NC(=O)C(C)NC(=O)OCc1ccccc1. The predicted octanol–water partition coefficient (Wildman–Crippen LogP) is 3.54. The van der Waals surface area contributed by atoms with Crippen LogP contribution in [-0.2, 0) is 32.1 Å². The quantitative estimate of drug-likeness (QED) is 0.230. The first-order chi connectivity index (χ1) is 19.7. The summed E-state index contributed by atoms with van der Waals surface area (Å²) < 4.78 is 5.24. The van der Waals surface area contributed by atoms with Crippen LogP contribution in [0, 0.1) is 17.8 Å². The first kappa shape index (κ1) is 31.8. The Morgan fingerprint density at radius 3 is 2.22 bits per heavy atom. The van der Waals surface area contributed by atoms with Crippen molar-refractivity contribution in [3.63, 3.8) is 0 Å². The number of carbonyl (C=O) groups excluding carboxylic acids is 4. The lowest BCUT2D eigenvalue weighted by molar-refractivity contribution is -0.137. The van der Waals surface area contributed by atoms with Crippen LogP contribution in [0.25, 0.3) is 0 Å². The third kappa shape index (κ3) is 10.3. The van der Waals surface area contributed by atoms with Crippen molar-refractivity contribution in [1.82, 2.24) is 16.0 Å². The second-order valence-corrected chi connectivity index (χ2v) is 11.0. The van der Waals surface area contributed by atoms with E-state index in [1.807, 2.05) is 74.5 Å². The molecule has 7 atom stereocenters. The minimum Gasteiger partial charge on any atom is -0.445 e. The fraction of sp³-hybridized carbons (Fsp3) is 0.500. The molecule has 3 amide bonds. The summed E-state index contributed by atoms with van der Waals surface area (Å²) in [5, 5.41) is 19.0. The number of amides is 3. The zero-order chi connectivity index (χ0) is 29.8. The number of ether oxygens (including phenoxy) is 1. The van der Waals surface area contributed by atoms with Gasteiger partial charge in [0.05, 0.1) is 5.92 Å². The number of aliphatic hydroxyl groups excluding tert-OH is 1. The zero-order valence-corrected chi connectivity index (χ0v) is 24.1. The molecule has 7 unspecified atom stereocenters. The number of hydrogen-bond acceptors (Lipinski definition) is 6.